The van der Waals surface area contributed by atoms with Crippen molar-refractivity contribution in [1.29, 1.82) is 0 Å². The van der Waals surface area contributed by atoms with Gasteiger partial charge in [0.2, 0.25) is 17.7 Å². The third-order valence-corrected chi connectivity index (χ3v) is 10.0. The molecule has 3 aromatic rings. The summed E-state index contributed by atoms with van der Waals surface area (Å²) in [6, 6.07) is 8.21. The van der Waals surface area contributed by atoms with Crippen molar-refractivity contribution in [3.63, 3.8) is 0 Å². The van der Waals surface area contributed by atoms with Gasteiger partial charge in [-0.3, -0.25) is 14.4 Å². The van der Waals surface area contributed by atoms with Gasteiger partial charge < -0.3 is 41.5 Å². The number of pyridine rings is 1. The summed E-state index contributed by atoms with van der Waals surface area (Å²) < 4.78 is 13.3. The van der Waals surface area contributed by atoms with Gasteiger partial charge in [0.05, 0.1) is 44.0 Å². The van der Waals surface area contributed by atoms with Gasteiger partial charge in [0.1, 0.15) is 11.3 Å². The van der Waals surface area contributed by atoms with Crippen LogP contribution < -0.4 is 27.4 Å². The van der Waals surface area contributed by atoms with Crippen LogP contribution in [0.1, 0.15) is 109 Å². The Labute approximate surface area is 315 Å². The number of nitrogens with zero attached hydrogens (tertiary/aromatic N) is 3. The Bertz CT molecular complexity index is 1560. The molecule has 1 fully saturated rings. The number of amides is 3. The minimum Gasteiger partial charge on any atom is -0.382 e. The highest BCUT2D eigenvalue weighted by Crippen LogP contribution is 2.29. The fourth-order valence-electron chi connectivity index (χ4n) is 7.02. The number of aromatic nitrogens is 3. The zero-order chi connectivity index (χ0) is 37.7. The summed E-state index contributed by atoms with van der Waals surface area (Å²) in [4.78, 5) is 46.3. The maximum Gasteiger partial charge on any atom is 0.239 e. The van der Waals surface area contributed by atoms with Crippen LogP contribution >= 0.6 is 0 Å². The van der Waals surface area contributed by atoms with Crippen molar-refractivity contribution in [1.82, 2.24) is 30.5 Å². The van der Waals surface area contributed by atoms with Gasteiger partial charge in [-0.25, -0.2) is 9.97 Å². The highest BCUT2D eigenvalue weighted by atomic mass is 16.5. The molecule has 2 aromatic heterocycles. The molecule has 1 aromatic carbocycles. The second-order valence-corrected chi connectivity index (χ2v) is 14.4. The van der Waals surface area contributed by atoms with Crippen LogP contribution in [0, 0.1) is 5.92 Å². The molecular weight excluding hydrogens is 672 g/mol. The van der Waals surface area contributed by atoms with Crippen molar-refractivity contribution in [2.45, 2.75) is 122 Å². The van der Waals surface area contributed by atoms with Crippen LogP contribution in [0.15, 0.2) is 24.3 Å². The van der Waals surface area contributed by atoms with E-state index in [1.165, 1.54) is 38.5 Å². The van der Waals surface area contributed by atoms with Gasteiger partial charge in [-0.15, -0.1) is 0 Å². The number of benzene rings is 1. The molecule has 53 heavy (non-hydrogen) atoms. The molecule has 1 aliphatic carbocycles. The number of anilines is 1. The Morgan fingerprint density at radius 3 is 2.28 bits per heavy atom. The number of rotatable bonds is 21. The number of aryl methyl sites for hydroxylation is 2. The van der Waals surface area contributed by atoms with Crippen molar-refractivity contribution in [2.24, 2.45) is 11.7 Å². The van der Waals surface area contributed by atoms with Gasteiger partial charge in [0.15, 0.2) is 5.82 Å². The lowest BCUT2D eigenvalue weighted by Gasteiger charge is -2.21. The third kappa shape index (κ3) is 14.9. The molecule has 0 spiro atoms. The molecule has 0 radical (unpaired) electrons. The maximum atomic E-state index is 12.3. The quantitative estimate of drug-likeness (QED) is 0.0946. The van der Waals surface area contributed by atoms with Crippen molar-refractivity contribution in [2.75, 3.05) is 51.8 Å². The molecule has 1 aliphatic rings. The van der Waals surface area contributed by atoms with Crippen LogP contribution in [0.5, 0.6) is 0 Å². The van der Waals surface area contributed by atoms with Crippen LogP contribution in [-0.4, -0.2) is 84.4 Å². The molecule has 7 N–H and O–H groups in total. The number of nitrogen functional groups attached to an aromatic ring is 1. The van der Waals surface area contributed by atoms with Crippen molar-refractivity contribution in [3.05, 3.63) is 30.1 Å². The summed E-state index contributed by atoms with van der Waals surface area (Å²) in [5.74, 6) is 1.40. The van der Waals surface area contributed by atoms with Crippen LogP contribution in [-0.2, 0) is 36.8 Å². The summed E-state index contributed by atoms with van der Waals surface area (Å²) in [6.07, 6.45) is 15.8. The Hall–Kier alpha value is -3.81. The smallest absolute Gasteiger partial charge is 0.239 e. The first-order valence-electron chi connectivity index (χ1n) is 20.1. The van der Waals surface area contributed by atoms with Crippen molar-refractivity contribution >= 4 is 45.5 Å². The zero-order valence-electron chi connectivity index (χ0n) is 32.0. The van der Waals surface area contributed by atoms with Crippen LogP contribution in [0.4, 0.5) is 5.82 Å². The first kappa shape index (κ1) is 41.9. The van der Waals surface area contributed by atoms with Gasteiger partial charge in [0.25, 0.3) is 0 Å². The monoisotopic (exact) mass is 736 g/mol. The number of ether oxygens (including phenoxy) is 2. The summed E-state index contributed by atoms with van der Waals surface area (Å²) >= 11 is 0. The molecule has 294 valence electrons. The Morgan fingerprint density at radius 2 is 1.53 bits per heavy atom. The average molecular weight is 737 g/mol. The highest BCUT2D eigenvalue weighted by molar-refractivity contribution is 6.06. The number of hydrogen-bond acceptors (Lipinski definition) is 9. The molecule has 2 atom stereocenters. The second-order valence-electron chi connectivity index (χ2n) is 14.4. The van der Waals surface area contributed by atoms with E-state index in [4.69, 9.17) is 25.9 Å². The highest BCUT2D eigenvalue weighted by Gasteiger charge is 2.18. The largest absolute Gasteiger partial charge is 0.382 e. The first-order chi connectivity index (χ1) is 25.9. The molecule has 2 heterocycles. The average Bonchev–Trinajstić information content (AvgIpc) is 3.50. The number of nitrogens with one attached hydrogen (secondary N) is 3. The lowest BCUT2D eigenvalue weighted by atomic mass is 9.92. The summed E-state index contributed by atoms with van der Waals surface area (Å²) in [5, 5.41) is 9.65. The number of carbonyl (C=O) groups is 3. The SMILES string of the molecule is CCCCc1nc2c(N)nc3ccccc3c2n1CCCCNC(=O)CNC(=O)CCOCCOCCC(=O)NCC1CCCCCCCCC(N)C1. The fraction of sp³-hybridized carbons (Fsp3) is 0.675. The van der Waals surface area contributed by atoms with E-state index >= 15 is 0 Å². The lowest BCUT2D eigenvalue weighted by molar-refractivity contribution is -0.126. The van der Waals surface area contributed by atoms with Crippen molar-refractivity contribution in [3.8, 4) is 0 Å². The summed E-state index contributed by atoms with van der Waals surface area (Å²) in [6.45, 7) is 5.24. The molecule has 1 saturated carbocycles. The van der Waals surface area contributed by atoms with Gasteiger partial charge in [-0.05, 0) is 50.5 Å². The molecule has 3 amide bonds. The first-order valence-corrected chi connectivity index (χ1v) is 20.1. The molecule has 13 nitrogen and oxygen atoms in total. The van der Waals surface area contributed by atoms with E-state index in [9.17, 15) is 14.4 Å². The number of imidazole rings is 1. The van der Waals surface area contributed by atoms with Crippen LogP contribution in [0.3, 0.4) is 0 Å². The number of carbonyl (C=O) groups excluding carboxylic acids is 3. The number of nitrogens with two attached hydrogens (primary N) is 2. The van der Waals surface area contributed by atoms with Gasteiger partial charge in [-0.2, -0.15) is 0 Å². The molecule has 2 unspecified atom stereocenters. The zero-order valence-corrected chi connectivity index (χ0v) is 32.0. The van der Waals surface area contributed by atoms with E-state index < -0.39 is 0 Å². The van der Waals surface area contributed by atoms with E-state index in [2.05, 4.69) is 38.5 Å². The minimum absolute atomic E-state index is 0.00751. The minimum atomic E-state index is -0.252. The summed E-state index contributed by atoms with van der Waals surface area (Å²) in [5.41, 5.74) is 15.3. The molecule has 0 saturated heterocycles. The van der Waals surface area contributed by atoms with Crippen molar-refractivity contribution < 1.29 is 23.9 Å². The number of para-hydroxylation sites is 1. The number of hydrogen-bond donors (Lipinski definition) is 5. The van der Waals surface area contributed by atoms with E-state index in [0.29, 0.717) is 51.1 Å². The van der Waals surface area contributed by atoms with Crippen LogP contribution in [0.2, 0.25) is 0 Å². The predicted molar refractivity (Wildman–Crippen MR) is 210 cm³/mol. The van der Waals surface area contributed by atoms with E-state index in [1.807, 2.05) is 18.2 Å². The van der Waals surface area contributed by atoms with Crippen LogP contribution in [0.25, 0.3) is 21.9 Å². The molecule has 4 rings (SSSR count). The number of fused-ring (bicyclic) bond motifs is 3. The Kier molecular flexibility index (Phi) is 18.8. The lowest BCUT2D eigenvalue weighted by Crippen LogP contribution is -2.37. The molecule has 0 bridgehead atoms. The van der Waals surface area contributed by atoms with E-state index in [-0.39, 0.29) is 43.3 Å². The standard InChI is InChI=1S/C40H64N8O5/c1-2-3-18-34-47-38-39(32-16-10-11-17-33(32)46-40(38)42)48(34)22-13-12-21-43-37(51)29-45-36(50)20-24-53-26-25-52-23-19-35(49)44-28-30-14-8-6-4-5-7-9-15-31(41)27-30/h10-11,16-17,30-31H,2-9,12-15,18-29,41H2,1H3,(H2,42,46)(H,43,51)(H,44,49)(H,45,50). The normalized spacial score (nSPS) is 17.0. The molecule has 0 aliphatic heterocycles. The number of unbranched alkanes of at least 4 members (excludes halogenated alkanes) is 2. The maximum absolute atomic E-state index is 12.3. The van der Waals surface area contributed by atoms with E-state index in [0.717, 1.165) is 85.7 Å². The predicted octanol–water partition coefficient (Wildman–Crippen LogP) is 4.92. The van der Waals surface area contributed by atoms with Gasteiger partial charge in [0, 0.05) is 50.3 Å². The van der Waals surface area contributed by atoms with Gasteiger partial charge in [-0.1, -0.05) is 70.1 Å². The fourth-order valence-corrected chi connectivity index (χ4v) is 7.02. The molecular formula is C40H64N8O5. The molecule has 13 heteroatoms. The van der Waals surface area contributed by atoms with E-state index in [1.54, 1.807) is 0 Å². The third-order valence-electron chi connectivity index (χ3n) is 10.0. The summed E-state index contributed by atoms with van der Waals surface area (Å²) in [7, 11) is 0. The second kappa shape index (κ2) is 23.8. The topological polar surface area (TPSA) is 189 Å². The Morgan fingerprint density at radius 1 is 0.830 bits per heavy atom. The Balaban J connectivity index is 1.02. The van der Waals surface area contributed by atoms with Gasteiger partial charge >= 0.3 is 0 Å².